The average molecular weight is 333 g/mol. The van der Waals surface area contributed by atoms with Crippen LogP contribution < -0.4 is 10.6 Å². The van der Waals surface area contributed by atoms with Crippen LogP contribution >= 0.6 is 0 Å². The number of hydrogen-bond donors (Lipinski definition) is 2. The predicted molar refractivity (Wildman–Crippen MR) is 89.0 cm³/mol. The van der Waals surface area contributed by atoms with Crippen LogP contribution in [0.2, 0.25) is 0 Å². The Morgan fingerprint density at radius 2 is 1.75 bits per heavy atom. The van der Waals surface area contributed by atoms with Crippen molar-refractivity contribution in [1.82, 2.24) is 15.5 Å². The molecule has 1 aliphatic heterocycles. The van der Waals surface area contributed by atoms with Gasteiger partial charge in [-0.3, -0.25) is 4.79 Å². The molecule has 0 unspecified atom stereocenters. The Labute approximate surface area is 141 Å². The Morgan fingerprint density at radius 3 is 2.38 bits per heavy atom. The topological polar surface area (TPSA) is 61.4 Å². The lowest BCUT2D eigenvalue weighted by Crippen LogP contribution is -2.46. The first-order valence-electron chi connectivity index (χ1n) is 8.67. The molecular weight excluding hydrogens is 309 g/mol. The number of benzene rings is 1. The summed E-state index contributed by atoms with van der Waals surface area (Å²) in [6, 6.07) is 6.68. The van der Waals surface area contributed by atoms with E-state index in [1.54, 1.807) is 0 Å². The predicted octanol–water partition coefficient (Wildman–Crippen LogP) is 2.07. The van der Waals surface area contributed by atoms with Crippen LogP contribution in [0, 0.1) is 11.7 Å². The third kappa shape index (κ3) is 4.94. The number of piperidine rings is 1. The maximum absolute atomic E-state index is 12.9. The van der Waals surface area contributed by atoms with E-state index in [0.29, 0.717) is 12.0 Å². The second-order valence-corrected chi connectivity index (χ2v) is 6.76. The highest BCUT2D eigenvalue weighted by atomic mass is 19.1. The monoisotopic (exact) mass is 333 g/mol. The van der Waals surface area contributed by atoms with Gasteiger partial charge in [-0.25, -0.2) is 9.18 Å². The molecule has 0 aromatic heterocycles. The molecule has 2 aliphatic rings. The van der Waals surface area contributed by atoms with Gasteiger partial charge in [0.1, 0.15) is 5.82 Å². The van der Waals surface area contributed by atoms with Crippen LogP contribution in [-0.2, 0) is 11.2 Å². The Balaban J connectivity index is 1.36. The molecular formula is C18H24FN3O2. The number of halogens is 1. The van der Waals surface area contributed by atoms with Gasteiger partial charge in [0.25, 0.3) is 0 Å². The molecule has 2 N–H and O–H groups in total. The van der Waals surface area contributed by atoms with E-state index in [1.807, 2.05) is 17.0 Å². The van der Waals surface area contributed by atoms with Crippen molar-refractivity contribution in [3.63, 3.8) is 0 Å². The SMILES string of the molecule is O=C(NCC(=O)N1CCC(Cc2ccc(F)cc2)CC1)NC1CC1. The Bertz CT molecular complexity index is 578. The number of nitrogens with one attached hydrogen (secondary N) is 2. The van der Waals surface area contributed by atoms with Crippen molar-refractivity contribution in [2.24, 2.45) is 5.92 Å². The maximum atomic E-state index is 12.9. The molecule has 3 amide bonds. The van der Waals surface area contributed by atoms with Crippen LogP contribution in [0.25, 0.3) is 0 Å². The number of carbonyl (C=O) groups excluding carboxylic acids is 2. The third-order valence-corrected chi connectivity index (χ3v) is 4.72. The van der Waals surface area contributed by atoms with E-state index < -0.39 is 0 Å². The van der Waals surface area contributed by atoms with E-state index in [4.69, 9.17) is 0 Å². The first-order valence-corrected chi connectivity index (χ1v) is 8.67. The van der Waals surface area contributed by atoms with Crippen LogP contribution in [0.5, 0.6) is 0 Å². The molecule has 0 radical (unpaired) electrons. The number of urea groups is 1. The van der Waals surface area contributed by atoms with E-state index in [-0.39, 0.29) is 24.3 Å². The summed E-state index contributed by atoms with van der Waals surface area (Å²) in [6.07, 6.45) is 4.87. The summed E-state index contributed by atoms with van der Waals surface area (Å²) in [7, 11) is 0. The molecule has 1 saturated carbocycles. The molecule has 24 heavy (non-hydrogen) atoms. The summed E-state index contributed by atoms with van der Waals surface area (Å²) < 4.78 is 12.9. The fourth-order valence-electron chi connectivity index (χ4n) is 3.07. The highest BCUT2D eigenvalue weighted by Crippen LogP contribution is 2.22. The lowest BCUT2D eigenvalue weighted by molar-refractivity contribution is -0.131. The molecule has 1 aromatic carbocycles. The Morgan fingerprint density at radius 1 is 1.08 bits per heavy atom. The van der Waals surface area contributed by atoms with Gasteiger partial charge in [-0.15, -0.1) is 0 Å². The standard InChI is InChI=1S/C18H24FN3O2/c19-15-3-1-13(2-4-15)11-14-7-9-22(10-8-14)17(23)12-20-18(24)21-16-5-6-16/h1-4,14,16H,5-12H2,(H2,20,21,24). The zero-order valence-electron chi connectivity index (χ0n) is 13.8. The number of hydrogen-bond acceptors (Lipinski definition) is 2. The quantitative estimate of drug-likeness (QED) is 0.866. The minimum atomic E-state index is -0.253. The van der Waals surface area contributed by atoms with E-state index in [1.165, 1.54) is 12.1 Å². The van der Waals surface area contributed by atoms with E-state index in [2.05, 4.69) is 10.6 Å². The van der Waals surface area contributed by atoms with Crippen molar-refractivity contribution in [2.75, 3.05) is 19.6 Å². The van der Waals surface area contributed by atoms with Gasteiger partial charge in [0.15, 0.2) is 0 Å². The zero-order valence-corrected chi connectivity index (χ0v) is 13.8. The van der Waals surface area contributed by atoms with Gasteiger partial charge in [0.05, 0.1) is 6.54 Å². The number of amides is 3. The Kier molecular flexibility index (Phi) is 5.33. The first kappa shape index (κ1) is 16.7. The lowest BCUT2D eigenvalue weighted by Gasteiger charge is -2.32. The van der Waals surface area contributed by atoms with Crippen LogP contribution in [0.1, 0.15) is 31.2 Å². The molecule has 3 rings (SSSR count). The number of carbonyl (C=O) groups is 2. The molecule has 1 saturated heterocycles. The largest absolute Gasteiger partial charge is 0.341 e. The van der Waals surface area contributed by atoms with Crippen molar-refractivity contribution in [3.8, 4) is 0 Å². The van der Waals surface area contributed by atoms with Crippen molar-refractivity contribution in [2.45, 2.75) is 38.1 Å². The van der Waals surface area contributed by atoms with E-state index in [0.717, 1.165) is 50.8 Å². The summed E-state index contributed by atoms with van der Waals surface area (Å²) in [5, 5.41) is 5.43. The van der Waals surface area contributed by atoms with Crippen molar-refractivity contribution in [1.29, 1.82) is 0 Å². The van der Waals surface area contributed by atoms with Gasteiger partial charge < -0.3 is 15.5 Å². The smallest absolute Gasteiger partial charge is 0.315 e. The molecule has 0 atom stereocenters. The van der Waals surface area contributed by atoms with Crippen molar-refractivity contribution >= 4 is 11.9 Å². The molecule has 1 aliphatic carbocycles. The maximum Gasteiger partial charge on any atom is 0.315 e. The van der Waals surface area contributed by atoms with Crippen LogP contribution in [0.4, 0.5) is 9.18 Å². The van der Waals surface area contributed by atoms with Crippen LogP contribution in [-0.4, -0.2) is 42.5 Å². The number of nitrogens with zero attached hydrogens (tertiary/aromatic N) is 1. The van der Waals surface area contributed by atoms with E-state index >= 15 is 0 Å². The van der Waals surface area contributed by atoms with E-state index in [9.17, 15) is 14.0 Å². The van der Waals surface area contributed by atoms with Gasteiger partial charge in [0, 0.05) is 19.1 Å². The molecule has 130 valence electrons. The molecule has 1 aromatic rings. The summed E-state index contributed by atoms with van der Waals surface area (Å²) in [6.45, 7) is 1.49. The normalized spacial score (nSPS) is 18.3. The molecule has 2 fully saturated rings. The second kappa shape index (κ2) is 7.64. The van der Waals surface area contributed by atoms with Gasteiger partial charge >= 0.3 is 6.03 Å². The van der Waals surface area contributed by atoms with Crippen LogP contribution in [0.15, 0.2) is 24.3 Å². The van der Waals surface area contributed by atoms with Gasteiger partial charge in [-0.1, -0.05) is 12.1 Å². The van der Waals surface area contributed by atoms with Crippen molar-refractivity contribution in [3.05, 3.63) is 35.6 Å². The summed E-state index contributed by atoms with van der Waals surface area (Å²) in [5.41, 5.74) is 1.14. The Hall–Kier alpha value is -2.11. The molecule has 0 bridgehead atoms. The summed E-state index contributed by atoms with van der Waals surface area (Å²) >= 11 is 0. The highest BCUT2D eigenvalue weighted by molar-refractivity contribution is 5.84. The van der Waals surface area contributed by atoms with Gasteiger partial charge in [-0.05, 0) is 55.7 Å². The number of likely N-dealkylation sites (tertiary alicyclic amines) is 1. The minimum absolute atomic E-state index is 0.0267. The molecule has 6 heteroatoms. The van der Waals surface area contributed by atoms with Gasteiger partial charge in [0.2, 0.25) is 5.91 Å². The first-order chi connectivity index (χ1) is 11.6. The lowest BCUT2D eigenvalue weighted by atomic mass is 9.90. The second-order valence-electron chi connectivity index (χ2n) is 6.76. The average Bonchev–Trinajstić information content (AvgIpc) is 3.39. The molecule has 1 heterocycles. The van der Waals surface area contributed by atoms with Crippen molar-refractivity contribution < 1.29 is 14.0 Å². The van der Waals surface area contributed by atoms with Gasteiger partial charge in [-0.2, -0.15) is 0 Å². The molecule has 5 nitrogen and oxygen atoms in total. The fourth-order valence-corrected chi connectivity index (χ4v) is 3.07. The fraction of sp³-hybridized carbons (Fsp3) is 0.556. The summed E-state index contributed by atoms with van der Waals surface area (Å²) in [5.74, 6) is 0.282. The zero-order chi connectivity index (χ0) is 16.9. The minimum Gasteiger partial charge on any atom is -0.341 e. The van der Waals surface area contributed by atoms with Crippen LogP contribution in [0.3, 0.4) is 0 Å². The number of rotatable bonds is 5. The third-order valence-electron chi connectivity index (χ3n) is 4.72. The summed E-state index contributed by atoms with van der Waals surface area (Å²) in [4.78, 5) is 25.5. The highest BCUT2D eigenvalue weighted by Gasteiger charge is 2.25. The molecule has 0 spiro atoms.